The molecule has 0 unspecified atom stereocenters. The number of hydrogen-bond donors (Lipinski definition) is 1. The minimum absolute atomic E-state index is 0.0245. The molecule has 1 fully saturated rings. The molecule has 0 aromatic heterocycles. The number of ether oxygens (including phenoxy) is 3. The Hall–Kier alpha value is -2.15. The van der Waals surface area contributed by atoms with E-state index < -0.39 is 12.2 Å². The zero-order valence-corrected chi connectivity index (χ0v) is 27.1. The van der Waals surface area contributed by atoms with Crippen LogP contribution in [0.25, 0.3) is 0 Å². The lowest BCUT2D eigenvalue weighted by Crippen LogP contribution is -2.28. The van der Waals surface area contributed by atoms with Crippen LogP contribution in [0, 0.1) is 11.8 Å². The zero-order valence-electron chi connectivity index (χ0n) is 27.1. The Morgan fingerprint density at radius 2 is 1.50 bits per heavy atom. The Morgan fingerprint density at radius 1 is 0.833 bits per heavy atom. The molecule has 0 aliphatic heterocycles. The van der Waals surface area contributed by atoms with Gasteiger partial charge in [0.2, 0.25) is 0 Å². The first kappa shape index (κ1) is 37.9. The summed E-state index contributed by atoms with van der Waals surface area (Å²) in [5.74, 6) is -0.954. The second-order valence-corrected chi connectivity index (χ2v) is 11.9. The Balaban J connectivity index is 2.89. The number of carbonyl (C=O) groups is 3. The van der Waals surface area contributed by atoms with Gasteiger partial charge in [0.15, 0.2) is 0 Å². The van der Waals surface area contributed by atoms with Gasteiger partial charge in [-0.25, -0.2) is 4.79 Å². The molecule has 0 saturated heterocycles. The molecule has 0 radical (unpaired) electrons. The predicted molar refractivity (Wildman–Crippen MR) is 168 cm³/mol. The molecule has 1 rings (SSSR count). The van der Waals surface area contributed by atoms with Crippen molar-refractivity contribution in [1.82, 2.24) is 0 Å². The van der Waals surface area contributed by atoms with Crippen molar-refractivity contribution in [3.05, 3.63) is 24.3 Å². The summed E-state index contributed by atoms with van der Waals surface area (Å²) >= 11 is 0. The number of unbranched alkanes of at least 4 members (excludes halogenated alkanes) is 8. The lowest BCUT2D eigenvalue weighted by Gasteiger charge is -2.26. The summed E-state index contributed by atoms with van der Waals surface area (Å²) in [6.45, 7) is 12.0. The Labute approximate surface area is 255 Å². The largest absolute Gasteiger partial charge is 0.466 e. The Bertz CT molecular complexity index is 805. The third-order valence-electron chi connectivity index (χ3n) is 8.27. The highest BCUT2D eigenvalue weighted by Gasteiger charge is 2.46. The average molecular weight is 593 g/mol. The number of allylic oxidation sites excluding steroid dienone is 2. The quantitative estimate of drug-likeness (QED) is 0.0397. The number of carbonyl (C=O) groups excluding carboxylic acids is 3. The molecule has 0 amide bonds. The van der Waals surface area contributed by atoms with Gasteiger partial charge in [-0.05, 0) is 58.3 Å². The van der Waals surface area contributed by atoms with Crippen LogP contribution in [-0.4, -0.2) is 47.9 Å². The van der Waals surface area contributed by atoms with E-state index in [2.05, 4.69) is 32.6 Å². The highest BCUT2D eigenvalue weighted by molar-refractivity contribution is 5.87. The molecule has 0 aromatic carbocycles. The third-order valence-corrected chi connectivity index (χ3v) is 8.27. The minimum atomic E-state index is -0.396. The smallest absolute Gasteiger partial charge is 0.333 e. The molecule has 7 heteroatoms. The molecular formula is C35H60O7. The van der Waals surface area contributed by atoms with Crippen LogP contribution in [0.1, 0.15) is 143 Å². The van der Waals surface area contributed by atoms with Gasteiger partial charge in [0.05, 0.1) is 12.7 Å². The van der Waals surface area contributed by atoms with Crippen molar-refractivity contribution >= 4 is 17.9 Å². The van der Waals surface area contributed by atoms with Gasteiger partial charge in [0.1, 0.15) is 12.2 Å². The summed E-state index contributed by atoms with van der Waals surface area (Å²) in [6.07, 6.45) is 18.7. The summed E-state index contributed by atoms with van der Waals surface area (Å²) in [6, 6.07) is 0. The maximum absolute atomic E-state index is 13.1. The van der Waals surface area contributed by atoms with Crippen LogP contribution in [0.15, 0.2) is 24.3 Å². The van der Waals surface area contributed by atoms with Crippen molar-refractivity contribution in [2.75, 3.05) is 6.61 Å². The molecule has 7 nitrogen and oxygen atoms in total. The van der Waals surface area contributed by atoms with Crippen molar-refractivity contribution < 1.29 is 33.7 Å². The van der Waals surface area contributed by atoms with E-state index in [1.54, 1.807) is 6.92 Å². The monoisotopic (exact) mass is 592 g/mol. The standard InChI is InChI=1S/C35H60O7/c1-6-9-11-12-13-17-20-27(4)35(39)42-33-26-32(41-28(5)36)31(25-24-29(37)21-16-10-7-2)30(33)22-18-14-15-19-23-34(38)40-8-3/h14,18,29-33,37H,4,6-13,15-17,19-26H2,1-3,5H3/b18-14-/t29-,30+,31+,32+,33-/m0/s1. The van der Waals surface area contributed by atoms with Crippen molar-refractivity contribution in [2.24, 2.45) is 11.8 Å². The highest BCUT2D eigenvalue weighted by atomic mass is 16.6. The molecule has 1 aliphatic carbocycles. The number of esters is 3. The van der Waals surface area contributed by atoms with Gasteiger partial charge in [-0.3, -0.25) is 9.59 Å². The number of aliphatic hydroxyl groups excluding tert-OH is 1. The topological polar surface area (TPSA) is 99.1 Å². The second kappa shape index (κ2) is 23.3. The van der Waals surface area contributed by atoms with E-state index in [1.165, 1.54) is 32.6 Å². The van der Waals surface area contributed by atoms with E-state index in [1.807, 2.05) is 0 Å². The summed E-state index contributed by atoms with van der Waals surface area (Å²) in [5, 5.41) is 10.6. The first-order valence-electron chi connectivity index (χ1n) is 16.8. The molecular weight excluding hydrogens is 532 g/mol. The van der Waals surface area contributed by atoms with Crippen LogP contribution in [-0.2, 0) is 28.6 Å². The van der Waals surface area contributed by atoms with Gasteiger partial charge in [0.25, 0.3) is 0 Å². The molecule has 1 aliphatic rings. The van der Waals surface area contributed by atoms with Crippen molar-refractivity contribution in [1.29, 1.82) is 0 Å². The molecule has 1 N–H and O–H groups in total. The Morgan fingerprint density at radius 3 is 2.19 bits per heavy atom. The van der Waals surface area contributed by atoms with E-state index in [4.69, 9.17) is 14.2 Å². The molecule has 0 heterocycles. The molecule has 0 bridgehead atoms. The van der Waals surface area contributed by atoms with E-state index in [0.717, 1.165) is 44.9 Å². The van der Waals surface area contributed by atoms with Gasteiger partial charge in [-0.15, -0.1) is 0 Å². The van der Waals surface area contributed by atoms with Gasteiger partial charge in [0, 0.05) is 37.2 Å². The SMILES string of the molecule is C=C(CCCCCCCC)C(=O)O[C@H]1C[C@@H](OC(C)=O)[C@H](CC[C@@H](O)CCCCC)[C@H]1C/C=C\CCCC(=O)OCC. The van der Waals surface area contributed by atoms with Crippen LogP contribution in [0.2, 0.25) is 0 Å². The Kier molecular flexibility index (Phi) is 21.0. The normalized spacial score (nSPS) is 20.9. The fourth-order valence-electron chi connectivity index (χ4n) is 5.91. The lowest BCUT2D eigenvalue weighted by molar-refractivity contribution is -0.149. The zero-order chi connectivity index (χ0) is 31.2. The number of hydrogen-bond acceptors (Lipinski definition) is 7. The molecule has 242 valence electrons. The lowest BCUT2D eigenvalue weighted by atomic mass is 9.85. The molecule has 0 aromatic rings. The van der Waals surface area contributed by atoms with Crippen molar-refractivity contribution in [3.8, 4) is 0 Å². The van der Waals surface area contributed by atoms with Crippen LogP contribution < -0.4 is 0 Å². The maximum atomic E-state index is 13.1. The predicted octanol–water partition coefficient (Wildman–Crippen LogP) is 8.17. The summed E-state index contributed by atoms with van der Waals surface area (Å²) in [4.78, 5) is 36.7. The fourth-order valence-corrected chi connectivity index (χ4v) is 5.91. The highest BCUT2D eigenvalue weighted by Crippen LogP contribution is 2.42. The first-order chi connectivity index (χ1) is 20.2. The summed E-state index contributed by atoms with van der Waals surface area (Å²) in [7, 11) is 0. The van der Waals surface area contributed by atoms with E-state index in [0.29, 0.717) is 57.1 Å². The molecule has 42 heavy (non-hydrogen) atoms. The van der Waals surface area contributed by atoms with Crippen LogP contribution in [0.3, 0.4) is 0 Å². The van der Waals surface area contributed by atoms with E-state index in [9.17, 15) is 19.5 Å². The van der Waals surface area contributed by atoms with Gasteiger partial charge >= 0.3 is 17.9 Å². The van der Waals surface area contributed by atoms with Crippen LogP contribution >= 0.6 is 0 Å². The van der Waals surface area contributed by atoms with E-state index >= 15 is 0 Å². The first-order valence-corrected chi connectivity index (χ1v) is 16.8. The fraction of sp³-hybridized carbons (Fsp3) is 0.800. The van der Waals surface area contributed by atoms with E-state index in [-0.39, 0.29) is 35.8 Å². The maximum Gasteiger partial charge on any atom is 0.333 e. The van der Waals surface area contributed by atoms with Crippen molar-refractivity contribution in [2.45, 2.75) is 162 Å². The van der Waals surface area contributed by atoms with Gasteiger partial charge in [-0.1, -0.05) is 83.9 Å². The van der Waals surface area contributed by atoms with Crippen LogP contribution in [0.4, 0.5) is 0 Å². The van der Waals surface area contributed by atoms with Crippen LogP contribution in [0.5, 0.6) is 0 Å². The number of rotatable bonds is 24. The molecule has 0 spiro atoms. The van der Waals surface area contributed by atoms with Crippen molar-refractivity contribution in [3.63, 3.8) is 0 Å². The summed E-state index contributed by atoms with van der Waals surface area (Å²) in [5.41, 5.74) is 0.498. The van der Waals surface area contributed by atoms with Gasteiger partial charge in [-0.2, -0.15) is 0 Å². The minimum Gasteiger partial charge on any atom is -0.466 e. The third kappa shape index (κ3) is 16.5. The second-order valence-electron chi connectivity index (χ2n) is 11.9. The molecule has 5 atom stereocenters. The number of aliphatic hydroxyl groups is 1. The van der Waals surface area contributed by atoms with Gasteiger partial charge < -0.3 is 19.3 Å². The average Bonchev–Trinajstić information content (AvgIpc) is 3.25. The molecule has 1 saturated carbocycles. The summed E-state index contributed by atoms with van der Waals surface area (Å²) < 4.78 is 16.8.